The maximum absolute atomic E-state index is 6.40. The van der Waals surface area contributed by atoms with Crippen LogP contribution in [0.5, 0.6) is 0 Å². The molecule has 3 rings (SSSR count). The highest BCUT2D eigenvalue weighted by molar-refractivity contribution is 6.42. The number of nitrogens with two attached hydrogens (primary N) is 1. The summed E-state index contributed by atoms with van der Waals surface area (Å²) in [5.74, 6) is 2.31. The Morgan fingerprint density at radius 2 is 1.86 bits per heavy atom. The van der Waals surface area contributed by atoms with E-state index in [1.807, 2.05) is 12.1 Å². The van der Waals surface area contributed by atoms with Crippen LogP contribution in [-0.2, 0) is 5.54 Å². The van der Waals surface area contributed by atoms with Crippen molar-refractivity contribution in [2.24, 2.45) is 0 Å². The van der Waals surface area contributed by atoms with E-state index in [0.717, 1.165) is 17.1 Å². The van der Waals surface area contributed by atoms with E-state index in [2.05, 4.69) is 25.3 Å². The van der Waals surface area contributed by atoms with E-state index >= 15 is 0 Å². The van der Waals surface area contributed by atoms with Crippen LogP contribution in [0.1, 0.15) is 45.4 Å². The monoisotopic (exact) mass is 323 g/mol. The zero-order valence-electron chi connectivity index (χ0n) is 12.5. The van der Waals surface area contributed by atoms with Crippen LogP contribution in [0.15, 0.2) is 18.2 Å². The SMILES string of the molecule is CC(C)(C)n1c(C2CC2)nc(-c2ccc(Cl)c(Cl)c2)c1N. The molecule has 0 radical (unpaired) electrons. The van der Waals surface area contributed by atoms with Gasteiger partial charge >= 0.3 is 0 Å². The molecule has 0 spiro atoms. The number of halogens is 2. The van der Waals surface area contributed by atoms with Gasteiger partial charge in [0.15, 0.2) is 0 Å². The van der Waals surface area contributed by atoms with Gasteiger partial charge in [-0.25, -0.2) is 4.98 Å². The Morgan fingerprint density at radius 1 is 1.19 bits per heavy atom. The predicted molar refractivity (Wildman–Crippen MR) is 89.1 cm³/mol. The van der Waals surface area contributed by atoms with Gasteiger partial charge in [0.2, 0.25) is 0 Å². The number of hydrogen-bond acceptors (Lipinski definition) is 2. The summed E-state index contributed by atoms with van der Waals surface area (Å²) in [7, 11) is 0. The molecule has 21 heavy (non-hydrogen) atoms. The minimum absolute atomic E-state index is 0.0938. The molecule has 5 heteroatoms. The molecule has 2 N–H and O–H groups in total. The van der Waals surface area contributed by atoms with Gasteiger partial charge in [-0.3, -0.25) is 0 Å². The second-order valence-electron chi connectivity index (χ2n) is 6.61. The fraction of sp³-hybridized carbons (Fsp3) is 0.438. The molecular formula is C16H19Cl2N3. The molecule has 1 saturated carbocycles. The van der Waals surface area contributed by atoms with E-state index in [-0.39, 0.29) is 5.54 Å². The van der Waals surface area contributed by atoms with Crippen LogP contribution >= 0.6 is 23.2 Å². The largest absolute Gasteiger partial charge is 0.383 e. The number of nitrogens with zero attached hydrogens (tertiary/aromatic N) is 2. The fourth-order valence-corrected chi connectivity index (χ4v) is 2.93. The Balaban J connectivity index is 2.17. The molecule has 1 aliphatic rings. The van der Waals surface area contributed by atoms with Crippen LogP contribution in [0.4, 0.5) is 5.82 Å². The maximum atomic E-state index is 6.40. The number of aromatic nitrogens is 2. The van der Waals surface area contributed by atoms with Crippen molar-refractivity contribution in [2.75, 3.05) is 5.73 Å². The second kappa shape index (κ2) is 4.92. The van der Waals surface area contributed by atoms with Crippen molar-refractivity contribution in [1.29, 1.82) is 0 Å². The third-order valence-corrected chi connectivity index (χ3v) is 4.48. The van der Waals surface area contributed by atoms with Crippen LogP contribution in [-0.4, -0.2) is 9.55 Å². The molecule has 1 aromatic heterocycles. The summed E-state index contributed by atoms with van der Waals surface area (Å²) in [4.78, 5) is 4.82. The van der Waals surface area contributed by atoms with Crippen molar-refractivity contribution >= 4 is 29.0 Å². The van der Waals surface area contributed by atoms with Gasteiger partial charge < -0.3 is 10.3 Å². The molecule has 1 fully saturated rings. The molecule has 3 nitrogen and oxygen atoms in total. The van der Waals surface area contributed by atoms with Crippen LogP contribution < -0.4 is 5.73 Å². The molecule has 1 aromatic carbocycles. The summed E-state index contributed by atoms with van der Waals surface area (Å²) in [6, 6.07) is 5.52. The number of anilines is 1. The van der Waals surface area contributed by atoms with E-state index < -0.39 is 0 Å². The number of nitrogen functional groups attached to an aromatic ring is 1. The van der Waals surface area contributed by atoms with Gasteiger partial charge in [0.1, 0.15) is 17.3 Å². The first-order valence-electron chi connectivity index (χ1n) is 7.13. The molecule has 112 valence electrons. The van der Waals surface area contributed by atoms with Crippen LogP contribution in [0.3, 0.4) is 0 Å². The van der Waals surface area contributed by atoms with Crippen molar-refractivity contribution in [1.82, 2.24) is 9.55 Å². The van der Waals surface area contributed by atoms with Crippen LogP contribution in [0.2, 0.25) is 10.0 Å². The van der Waals surface area contributed by atoms with E-state index in [4.69, 9.17) is 33.9 Å². The summed E-state index contributed by atoms with van der Waals surface area (Å²) in [6.45, 7) is 6.45. The highest BCUT2D eigenvalue weighted by Gasteiger charge is 2.34. The molecule has 0 aliphatic heterocycles. The lowest BCUT2D eigenvalue weighted by Gasteiger charge is -2.25. The summed E-state index contributed by atoms with van der Waals surface area (Å²) in [5.41, 5.74) is 8.01. The van der Waals surface area contributed by atoms with Gasteiger partial charge in [-0.1, -0.05) is 29.3 Å². The molecular weight excluding hydrogens is 305 g/mol. The normalized spacial score (nSPS) is 15.5. The molecule has 0 bridgehead atoms. The fourth-order valence-electron chi connectivity index (χ4n) is 2.63. The van der Waals surface area contributed by atoms with Gasteiger partial charge in [-0.05, 0) is 45.7 Å². The van der Waals surface area contributed by atoms with Crippen molar-refractivity contribution in [2.45, 2.75) is 45.1 Å². The van der Waals surface area contributed by atoms with E-state index in [9.17, 15) is 0 Å². The smallest absolute Gasteiger partial charge is 0.132 e. The van der Waals surface area contributed by atoms with Crippen molar-refractivity contribution in [3.63, 3.8) is 0 Å². The quantitative estimate of drug-likeness (QED) is 0.838. The van der Waals surface area contributed by atoms with E-state index in [0.29, 0.717) is 21.8 Å². The number of hydrogen-bond donors (Lipinski definition) is 1. The Hall–Kier alpha value is -1.19. The minimum Gasteiger partial charge on any atom is -0.383 e. The molecule has 1 heterocycles. The summed E-state index contributed by atoms with van der Waals surface area (Å²) in [6.07, 6.45) is 2.38. The van der Waals surface area contributed by atoms with Crippen molar-refractivity contribution < 1.29 is 0 Å². The molecule has 2 aromatic rings. The van der Waals surface area contributed by atoms with E-state index in [1.165, 1.54) is 12.8 Å². The summed E-state index contributed by atoms with van der Waals surface area (Å²) in [5, 5.41) is 1.06. The average molecular weight is 324 g/mol. The van der Waals surface area contributed by atoms with E-state index in [1.54, 1.807) is 6.07 Å². The molecule has 1 aliphatic carbocycles. The third kappa shape index (κ3) is 2.65. The first kappa shape index (κ1) is 14.7. The third-order valence-electron chi connectivity index (χ3n) is 3.75. The van der Waals surface area contributed by atoms with Gasteiger partial charge in [-0.15, -0.1) is 0 Å². The zero-order valence-corrected chi connectivity index (χ0v) is 14.0. The van der Waals surface area contributed by atoms with Crippen molar-refractivity contribution in [3.05, 3.63) is 34.1 Å². The molecule has 0 unspecified atom stereocenters. The number of rotatable bonds is 2. The van der Waals surface area contributed by atoms with Gasteiger partial charge in [0.05, 0.1) is 10.0 Å². The van der Waals surface area contributed by atoms with Gasteiger partial charge in [0.25, 0.3) is 0 Å². The highest BCUT2D eigenvalue weighted by atomic mass is 35.5. The lowest BCUT2D eigenvalue weighted by atomic mass is 10.1. The second-order valence-corrected chi connectivity index (χ2v) is 7.43. The highest BCUT2D eigenvalue weighted by Crippen LogP contribution is 2.44. The Labute approximate surface area is 135 Å². The first-order valence-corrected chi connectivity index (χ1v) is 7.88. The van der Waals surface area contributed by atoms with Crippen molar-refractivity contribution in [3.8, 4) is 11.3 Å². The Bertz CT molecular complexity index is 694. The molecule has 0 saturated heterocycles. The lowest BCUT2D eigenvalue weighted by Crippen LogP contribution is -2.25. The van der Waals surface area contributed by atoms with Crippen LogP contribution in [0.25, 0.3) is 11.3 Å². The molecule has 0 atom stereocenters. The Kier molecular flexibility index (Phi) is 3.45. The standard InChI is InChI=1S/C16H19Cl2N3/c1-16(2,3)21-14(19)13(20-15(21)9-4-5-9)10-6-7-11(17)12(18)8-10/h6-9H,4-5,19H2,1-3H3. The molecule has 0 amide bonds. The summed E-state index contributed by atoms with van der Waals surface area (Å²) >= 11 is 12.1. The average Bonchev–Trinajstić information content (AvgIpc) is 3.15. The predicted octanol–water partition coefficient (Wildman–Crippen LogP) is 5.07. The topological polar surface area (TPSA) is 43.8 Å². The minimum atomic E-state index is -0.0938. The lowest BCUT2D eigenvalue weighted by molar-refractivity contribution is 0.388. The Morgan fingerprint density at radius 3 is 2.38 bits per heavy atom. The van der Waals surface area contributed by atoms with Gasteiger partial charge in [0, 0.05) is 17.0 Å². The van der Waals surface area contributed by atoms with Gasteiger partial charge in [-0.2, -0.15) is 0 Å². The summed E-state index contributed by atoms with van der Waals surface area (Å²) < 4.78 is 2.16. The number of benzene rings is 1. The van der Waals surface area contributed by atoms with Crippen LogP contribution in [0, 0.1) is 0 Å². The first-order chi connectivity index (χ1) is 9.79. The number of imidazole rings is 1. The maximum Gasteiger partial charge on any atom is 0.132 e. The zero-order chi connectivity index (χ0) is 15.4.